The predicted molar refractivity (Wildman–Crippen MR) is 75.4 cm³/mol. The molecule has 0 aliphatic carbocycles. The molecule has 0 unspecified atom stereocenters. The van der Waals surface area contributed by atoms with Crippen molar-refractivity contribution in [2.45, 2.75) is 13.8 Å². The first-order valence-electron chi connectivity index (χ1n) is 6.82. The summed E-state index contributed by atoms with van der Waals surface area (Å²) in [5.41, 5.74) is 1.22. The summed E-state index contributed by atoms with van der Waals surface area (Å²) in [5, 5.41) is 0. The van der Waals surface area contributed by atoms with Crippen LogP contribution >= 0.6 is 0 Å². The van der Waals surface area contributed by atoms with Gasteiger partial charge in [0, 0.05) is 39.6 Å². The molecule has 1 aromatic rings. The van der Waals surface area contributed by atoms with Gasteiger partial charge < -0.3 is 9.64 Å². The highest BCUT2D eigenvalue weighted by molar-refractivity contribution is 5.73. The van der Waals surface area contributed by atoms with Gasteiger partial charge in [0.25, 0.3) is 0 Å². The van der Waals surface area contributed by atoms with E-state index in [0.29, 0.717) is 6.61 Å². The molecule has 1 heterocycles. The van der Waals surface area contributed by atoms with Crippen LogP contribution in [0.15, 0.2) is 24.3 Å². The third kappa shape index (κ3) is 4.24. The van der Waals surface area contributed by atoms with Gasteiger partial charge in [0.1, 0.15) is 12.4 Å². The zero-order chi connectivity index (χ0) is 13.7. The van der Waals surface area contributed by atoms with E-state index in [1.54, 1.807) is 6.92 Å². The normalized spacial score (nSPS) is 16.4. The zero-order valence-corrected chi connectivity index (χ0v) is 11.8. The molecule has 0 N–H and O–H groups in total. The van der Waals surface area contributed by atoms with Crippen LogP contribution < -0.4 is 4.74 Å². The zero-order valence-electron chi connectivity index (χ0n) is 11.8. The average molecular weight is 262 g/mol. The Kier molecular flexibility index (Phi) is 4.80. The van der Waals surface area contributed by atoms with E-state index in [1.165, 1.54) is 5.56 Å². The van der Waals surface area contributed by atoms with Gasteiger partial charge in [-0.3, -0.25) is 9.69 Å². The number of ether oxygens (including phenoxy) is 1. The Labute approximate surface area is 115 Å². The molecule has 1 aliphatic rings. The lowest BCUT2D eigenvalue weighted by atomic mass is 10.2. The summed E-state index contributed by atoms with van der Waals surface area (Å²) >= 11 is 0. The van der Waals surface area contributed by atoms with Crippen LogP contribution in [0.1, 0.15) is 12.5 Å². The first-order chi connectivity index (χ1) is 9.15. The van der Waals surface area contributed by atoms with Gasteiger partial charge in [-0.05, 0) is 24.6 Å². The SMILES string of the molecule is CC(=O)N1CCN(CCOc2cccc(C)c2)CC1. The molecule has 1 fully saturated rings. The highest BCUT2D eigenvalue weighted by atomic mass is 16.5. The van der Waals surface area contributed by atoms with Crippen molar-refractivity contribution in [2.75, 3.05) is 39.3 Å². The number of carbonyl (C=O) groups is 1. The minimum absolute atomic E-state index is 0.177. The van der Waals surface area contributed by atoms with E-state index in [2.05, 4.69) is 17.9 Å². The maximum Gasteiger partial charge on any atom is 0.219 e. The molecular formula is C15H22N2O2. The summed E-state index contributed by atoms with van der Waals surface area (Å²) in [7, 11) is 0. The van der Waals surface area contributed by atoms with Gasteiger partial charge in [0.05, 0.1) is 0 Å². The van der Waals surface area contributed by atoms with Gasteiger partial charge in [-0.25, -0.2) is 0 Å². The number of hydrogen-bond donors (Lipinski definition) is 0. The quantitative estimate of drug-likeness (QED) is 0.825. The van der Waals surface area contributed by atoms with Gasteiger partial charge in [0.15, 0.2) is 0 Å². The minimum Gasteiger partial charge on any atom is -0.492 e. The molecule has 1 aromatic carbocycles. The summed E-state index contributed by atoms with van der Waals surface area (Å²) < 4.78 is 5.74. The molecule has 1 aliphatic heterocycles. The lowest BCUT2D eigenvalue weighted by molar-refractivity contribution is -0.130. The van der Waals surface area contributed by atoms with Crippen LogP contribution in [-0.4, -0.2) is 55.0 Å². The van der Waals surface area contributed by atoms with Crippen molar-refractivity contribution >= 4 is 5.91 Å². The molecule has 2 rings (SSSR count). The van der Waals surface area contributed by atoms with E-state index >= 15 is 0 Å². The number of hydrogen-bond acceptors (Lipinski definition) is 3. The van der Waals surface area contributed by atoms with Crippen LogP contribution in [0.3, 0.4) is 0 Å². The number of piperazine rings is 1. The molecule has 4 nitrogen and oxygen atoms in total. The van der Waals surface area contributed by atoms with Crippen LogP contribution in [0.25, 0.3) is 0 Å². The number of amides is 1. The Bertz CT molecular complexity index is 426. The first-order valence-corrected chi connectivity index (χ1v) is 6.82. The van der Waals surface area contributed by atoms with Crippen LogP contribution in [0.4, 0.5) is 0 Å². The predicted octanol–water partition coefficient (Wildman–Crippen LogP) is 1.54. The van der Waals surface area contributed by atoms with Crippen LogP contribution in [-0.2, 0) is 4.79 Å². The molecule has 0 radical (unpaired) electrons. The monoisotopic (exact) mass is 262 g/mol. The van der Waals surface area contributed by atoms with Gasteiger partial charge in [-0.15, -0.1) is 0 Å². The Hall–Kier alpha value is -1.55. The molecule has 4 heteroatoms. The standard InChI is InChI=1S/C15H22N2O2/c1-13-4-3-5-15(12-13)19-11-10-16-6-8-17(9-7-16)14(2)18/h3-5,12H,6-11H2,1-2H3. The van der Waals surface area contributed by atoms with E-state index in [9.17, 15) is 4.79 Å². The molecule has 0 bridgehead atoms. The smallest absolute Gasteiger partial charge is 0.219 e. The van der Waals surface area contributed by atoms with E-state index in [1.807, 2.05) is 23.1 Å². The van der Waals surface area contributed by atoms with Crippen LogP contribution in [0.5, 0.6) is 5.75 Å². The van der Waals surface area contributed by atoms with Crippen molar-refractivity contribution < 1.29 is 9.53 Å². The van der Waals surface area contributed by atoms with Crippen molar-refractivity contribution in [3.63, 3.8) is 0 Å². The maximum atomic E-state index is 11.2. The second kappa shape index (κ2) is 6.57. The summed E-state index contributed by atoms with van der Waals surface area (Å²) in [6.45, 7) is 8.86. The molecule has 0 aromatic heterocycles. The fraction of sp³-hybridized carbons (Fsp3) is 0.533. The summed E-state index contributed by atoms with van der Waals surface area (Å²) in [5.74, 6) is 1.11. The molecule has 0 atom stereocenters. The van der Waals surface area contributed by atoms with E-state index in [0.717, 1.165) is 38.5 Å². The molecule has 0 saturated carbocycles. The van der Waals surface area contributed by atoms with Gasteiger partial charge >= 0.3 is 0 Å². The highest BCUT2D eigenvalue weighted by Gasteiger charge is 2.17. The van der Waals surface area contributed by atoms with E-state index < -0.39 is 0 Å². The fourth-order valence-corrected chi connectivity index (χ4v) is 2.28. The third-order valence-corrected chi connectivity index (χ3v) is 3.48. The minimum atomic E-state index is 0.177. The number of carbonyl (C=O) groups excluding carboxylic acids is 1. The molecule has 1 amide bonds. The van der Waals surface area contributed by atoms with Crippen molar-refractivity contribution in [2.24, 2.45) is 0 Å². The van der Waals surface area contributed by atoms with E-state index in [-0.39, 0.29) is 5.91 Å². The highest BCUT2D eigenvalue weighted by Crippen LogP contribution is 2.12. The number of benzene rings is 1. The van der Waals surface area contributed by atoms with Crippen LogP contribution in [0.2, 0.25) is 0 Å². The first kappa shape index (κ1) is 13.9. The van der Waals surface area contributed by atoms with Crippen molar-refractivity contribution in [1.29, 1.82) is 0 Å². The van der Waals surface area contributed by atoms with Crippen molar-refractivity contribution in [1.82, 2.24) is 9.80 Å². The van der Waals surface area contributed by atoms with Gasteiger partial charge in [0.2, 0.25) is 5.91 Å². The summed E-state index contributed by atoms with van der Waals surface area (Å²) in [6, 6.07) is 8.11. The molecule has 104 valence electrons. The number of rotatable bonds is 4. The van der Waals surface area contributed by atoms with Crippen LogP contribution in [0, 0.1) is 6.92 Å². The van der Waals surface area contributed by atoms with Crippen molar-refractivity contribution in [3.8, 4) is 5.75 Å². The Morgan fingerprint density at radius 1 is 1.26 bits per heavy atom. The Balaban J connectivity index is 1.68. The second-order valence-electron chi connectivity index (χ2n) is 5.01. The topological polar surface area (TPSA) is 32.8 Å². The fourth-order valence-electron chi connectivity index (χ4n) is 2.28. The third-order valence-electron chi connectivity index (χ3n) is 3.48. The Morgan fingerprint density at radius 3 is 2.63 bits per heavy atom. The average Bonchev–Trinajstić information content (AvgIpc) is 2.39. The van der Waals surface area contributed by atoms with Gasteiger partial charge in [-0.1, -0.05) is 12.1 Å². The molecule has 19 heavy (non-hydrogen) atoms. The second-order valence-corrected chi connectivity index (χ2v) is 5.01. The van der Waals surface area contributed by atoms with E-state index in [4.69, 9.17) is 4.74 Å². The molecular weight excluding hydrogens is 240 g/mol. The Morgan fingerprint density at radius 2 is 2.00 bits per heavy atom. The molecule has 0 spiro atoms. The largest absolute Gasteiger partial charge is 0.492 e. The lowest BCUT2D eigenvalue weighted by Crippen LogP contribution is -2.48. The summed E-state index contributed by atoms with van der Waals surface area (Å²) in [4.78, 5) is 15.5. The number of nitrogens with zero attached hydrogens (tertiary/aromatic N) is 2. The number of aryl methyl sites for hydroxylation is 1. The lowest BCUT2D eigenvalue weighted by Gasteiger charge is -2.34. The maximum absolute atomic E-state index is 11.2. The molecule has 1 saturated heterocycles. The van der Waals surface area contributed by atoms with Gasteiger partial charge in [-0.2, -0.15) is 0 Å². The van der Waals surface area contributed by atoms with Crippen molar-refractivity contribution in [3.05, 3.63) is 29.8 Å². The summed E-state index contributed by atoms with van der Waals surface area (Å²) in [6.07, 6.45) is 0.